The van der Waals surface area contributed by atoms with Gasteiger partial charge in [-0.2, -0.15) is 15.2 Å². The molecule has 1 amide bonds. The molecule has 6 rings (SSSR count). The van der Waals surface area contributed by atoms with Crippen molar-refractivity contribution in [2.75, 3.05) is 56.2 Å². The smallest absolute Gasteiger partial charge is 0.318 e. The Bertz CT molecular complexity index is 1650. The third-order valence-corrected chi connectivity index (χ3v) is 10.1. The molecule has 0 saturated carbocycles. The van der Waals surface area contributed by atoms with Crippen molar-refractivity contribution in [3.05, 3.63) is 65.6 Å². The first-order valence-electron chi connectivity index (χ1n) is 16.0. The van der Waals surface area contributed by atoms with Crippen molar-refractivity contribution in [1.82, 2.24) is 19.8 Å². The molecule has 4 heterocycles. The summed E-state index contributed by atoms with van der Waals surface area (Å²) < 4.78 is 20.3. The van der Waals surface area contributed by atoms with Crippen LogP contribution in [-0.2, 0) is 17.8 Å². The number of rotatable bonds is 8. The van der Waals surface area contributed by atoms with Crippen molar-refractivity contribution >= 4 is 28.2 Å². The zero-order valence-corrected chi connectivity index (χ0v) is 26.6. The fourth-order valence-corrected chi connectivity index (χ4v) is 7.44. The van der Waals surface area contributed by atoms with Gasteiger partial charge in [-0.15, -0.1) is 0 Å². The van der Waals surface area contributed by atoms with Crippen LogP contribution in [0.25, 0.3) is 10.8 Å². The number of likely N-dealkylation sites (N-methyl/N-ethyl adjacent to an activating group) is 1. The molecule has 2 fully saturated rings. The van der Waals surface area contributed by atoms with E-state index in [4.69, 9.17) is 14.7 Å². The molecule has 45 heavy (non-hydrogen) atoms. The van der Waals surface area contributed by atoms with Gasteiger partial charge in [0.1, 0.15) is 12.4 Å². The van der Waals surface area contributed by atoms with Crippen LogP contribution in [0.1, 0.15) is 49.4 Å². The third-order valence-electron chi connectivity index (χ3n) is 10.1. The molecule has 1 aromatic heterocycles. The predicted octanol–water partition coefficient (Wildman–Crippen LogP) is 5.17. The molecule has 10 heteroatoms. The number of amides is 1. The second-order valence-corrected chi connectivity index (χ2v) is 12.6. The summed E-state index contributed by atoms with van der Waals surface area (Å²) in [6.45, 7) is 11.6. The van der Waals surface area contributed by atoms with Crippen molar-refractivity contribution in [2.24, 2.45) is 0 Å². The van der Waals surface area contributed by atoms with E-state index in [2.05, 4.69) is 84.6 Å². The highest BCUT2D eigenvalue weighted by Gasteiger charge is 2.39. The fourth-order valence-electron chi connectivity index (χ4n) is 7.44. The van der Waals surface area contributed by atoms with Crippen molar-refractivity contribution in [1.29, 1.82) is 5.26 Å². The van der Waals surface area contributed by atoms with Crippen LogP contribution in [-0.4, -0.2) is 83.6 Å². The summed E-state index contributed by atoms with van der Waals surface area (Å²) in [6, 6.07) is 14.9. The van der Waals surface area contributed by atoms with E-state index < -0.39 is 17.8 Å². The highest BCUT2D eigenvalue weighted by Crippen LogP contribution is 2.37. The Morgan fingerprint density at radius 2 is 1.96 bits per heavy atom. The van der Waals surface area contributed by atoms with Crippen molar-refractivity contribution in [3.63, 3.8) is 0 Å². The number of nitrogens with zero attached hydrogens (tertiary/aromatic N) is 7. The molecule has 2 aromatic carbocycles. The van der Waals surface area contributed by atoms with E-state index >= 15 is 0 Å². The van der Waals surface area contributed by atoms with E-state index in [1.807, 2.05) is 0 Å². The van der Waals surface area contributed by atoms with Gasteiger partial charge in [0, 0.05) is 42.8 Å². The second kappa shape index (κ2) is 12.6. The molecule has 1 unspecified atom stereocenters. The van der Waals surface area contributed by atoms with Gasteiger partial charge in [0.05, 0.1) is 36.3 Å². The van der Waals surface area contributed by atoms with Gasteiger partial charge in [0.2, 0.25) is 0 Å². The maximum Gasteiger partial charge on any atom is 0.318 e. The average Bonchev–Trinajstić information content (AvgIpc) is 3.42. The Kier molecular flexibility index (Phi) is 8.65. The molecule has 3 aliphatic heterocycles. The van der Waals surface area contributed by atoms with Crippen LogP contribution in [0.15, 0.2) is 48.8 Å². The zero-order valence-electron chi connectivity index (χ0n) is 26.6. The third kappa shape index (κ3) is 5.82. The SMILES string of the molecule is C=C(F)C(=O)N1CCN(c2nc(OCC3(CC)CCCN3C)nc3c2CCN(c2cccc4cccc(C)c24)C3)C[C@@H]1CC#N. The fraction of sp³-hybridized carbons (Fsp3) is 0.486. The number of piperazine rings is 1. The quantitative estimate of drug-likeness (QED) is 0.323. The average molecular weight is 612 g/mol. The van der Waals surface area contributed by atoms with Gasteiger partial charge in [-0.05, 0) is 63.2 Å². The van der Waals surface area contributed by atoms with Gasteiger partial charge in [0.25, 0.3) is 5.91 Å². The Labute approximate surface area is 264 Å². The predicted molar refractivity (Wildman–Crippen MR) is 174 cm³/mol. The molecule has 0 spiro atoms. The number of carbonyl (C=O) groups is 1. The minimum atomic E-state index is -1.01. The van der Waals surface area contributed by atoms with Crippen molar-refractivity contribution in [3.8, 4) is 12.1 Å². The number of ether oxygens (including phenoxy) is 1. The molecule has 3 aromatic rings. The molecule has 0 radical (unpaired) electrons. The number of halogens is 1. The Hall–Kier alpha value is -4.23. The van der Waals surface area contributed by atoms with Crippen LogP contribution in [0, 0.1) is 18.3 Å². The molecule has 9 nitrogen and oxygen atoms in total. The van der Waals surface area contributed by atoms with E-state index in [0.717, 1.165) is 55.8 Å². The van der Waals surface area contributed by atoms with Gasteiger partial charge in [-0.3, -0.25) is 9.69 Å². The number of benzene rings is 2. The van der Waals surface area contributed by atoms with Crippen LogP contribution in [0.2, 0.25) is 0 Å². The van der Waals surface area contributed by atoms with Gasteiger partial charge in [-0.1, -0.05) is 43.8 Å². The largest absolute Gasteiger partial charge is 0.461 e. The molecule has 0 N–H and O–H groups in total. The zero-order chi connectivity index (χ0) is 31.7. The molecule has 2 atom stereocenters. The van der Waals surface area contributed by atoms with Crippen molar-refractivity contribution in [2.45, 2.75) is 64.1 Å². The minimum absolute atomic E-state index is 0.0510. The molecule has 236 valence electrons. The first kappa shape index (κ1) is 30.8. The summed E-state index contributed by atoms with van der Waals surface area (Å²) in [6.07, 6.45) is 4.00. The molecular formula is C35H42FN7O2. The maximum absolute atomic E-state index is 13.9. The first-order chi connectivity index (χ1) is 21.7. The summed E-state index contributed by atoms with van der Waals surface area (Å²) in [5.74, 6) is -0.981. The summed E-state index contributed by atoms with van der Waals surface area (Å²) in [5, 5.41) is 12.0. The highest BCUT2D eigenvalue weighted by molar-refractivity contribution is 5.97. The Morgan fingerprint density at radius 1 is 1.16 bits per heavy atom. The van der Waals surface area contributed by atoms with Crippen LogP contribution < -0.4 is 14.5 Å². The number of likely N-dealkylation sites (tertiary alicyclic amines) is 1. The maximum atomic E-state index is 13.9. The number of hydrogen-bond acceptors (Lipinski definition) is 8. The van der Waals surface area contributed by atoms with Crippen LogP contribution in [0.4, 0.5) is 15.9 Å². The summed E-state index contributed by atoms with van der Waals surface area (Å²) in [5.41, 5.74) is 4.35. The number of aromatic nitrogens is 2. The van der Waals surface area contributed by atoms with E-state index in [9.17, 15) is 14.4 Å². The van der Waals surface area contributed by atoms with E-state index in [1.165, 1.54) is 26.9 Å². The molecule has 0 bridgehead atoms. The number of anilines is 2. The number of aryl methyl sites for hydroxylation is 1. The van der Waals surface area contributed by atoms with Crippen molar-refractivity contribution < 1.29 is 13.9 Å². The van der Waals surface area contributed by atoms with Gasteiger partial charge in [0.15, 0.2) is 5.83 Å². The second-order valence-electron chi connectivity index (χ2n) is 12.6. The summed E-state index contributed by atoms with van der Waals surface area (Å²) in [4.78, 5) is 30.9. The number of nitriles is 1. The standard InChI is InChI=1S/C35H42FN7O2/c1-5-35(15-8-17-40(35)4)23-45-34-38-29-22-41(30-12-7-11-26-10-6-9-24(2)31(26)30)18-14-28(29)32(39-34)42-19-20-43(33(44)25(3)36)27(21-42)13-16-37/h6-7,9-12,27H,3,5,8,13-15,17-23H2,1-2,4H3/t27-,35?/m0/s1. The minimum Gasteiger partial charge on any atom is -0.461 e. The van der Waals surface area contributed by atoms with E-state index in [0.29, 0.717) is 32.3 Å². The Balaban J connectivity index is 1.36. The van der Waals surface area contributed by atoms with Crippen LogP contribution in [0.5, 0.6) is 6.01 Å². The Morgan fingerprint density at radius 3 is 2.67 bits per heavy atom. The van der Waals surface area contributed by atoms with Crippen LogP contribution >= 0.6 is 0 Å². The number of hydrogen-bond donors (Lipinski definition) is 0. The monoisotopic (exact) mass is 611 g/mol. The summed E-state index contributed by atoms with van der Waals surface area (Å²) >= 11 is 0. The molecule has 0 aliphatic carbocycles. The van der Waals surface area contributed by atoms with Gasteiger partial charge < -0.3 is 19.4 Å². The van der Waals surface area contributed by atoms with Crippen LogP contribution in [0.3, 0.4) is 0 Å². The number of carbonyl (C=O) groups excluding carboxylic acids is 1. The number of fused-ring (bicyclic) bond motifs is 2. The van der Waals surface area contributed by atoms with Gasteiger partial charge >= 0.3 is 6.01 Å². The lowest BCUT2D eigenvalue weighted by Crippen LogP contribution is -2.55. The first-order valence-corrected chi connectivity index (χ1v) is 16.0. The van der Waals surface area contributed by atoms with Gasteiger partial charge in [-0.25, -0.2) is 4.39 Å². The molecule has 3 aliphatic rings. The lowest BCUT2D eigenvalue weighted by Gasteiger charge is -2.42. The normalized spacial score (nSPS) is 21.9. The lowest BCUT2D eigenvalue weighted by molar-refractivity contribution is -0.131. The topological polar surface area (TPSA) is 88.8 Å². The highest BCUT2D eigenvalue weighted by atomic mass is 19.1. The van der Waals surface area contributed by atoms with E-state index in [-0.39, 0.29) is 18.5 Å². The van der Waals surface area contributed by atoms with E-state index in [1.54, 1.807) is 0 Å². The summed E-state index contributed by atoms with van der Waals surface area (Å²) in [7, 11) is 2.16. The lowest BCUT2D eigenvalue weighted by atomic mass is 9.94. The molecule has 2 saturated heterocycles. The molecular weight excluding hydrogens is 569 g/mol.